The number of piperidine rings is 1. The summed E-state index contributed by atoms with van der Waals surface area (Å²) in [5.74, 6) is 0.435. The summed E-state index contributed by atoms with van der Waals surface area (Å²) in [6, 6.07) is 3.68. The fraction of sp³-hybridized carbons (Fsp3) is 0.625. The Morgan fingerprint density at radius 3 is 2.95 bits per heavy atom. The van der Waals surface area contributed by atoms with Gasteiger partial charge in [0.2, 0.25) is 0 Å². The zero-order valence-electron chi connectivity index (χ0n) is 13.2. The van der Waals surface area contributed by atoms with Gasteiger partial charge in [-0.3, -0.25) is 9.78 Å². The second-order valence-corrected chi connectivity index (χ2v) is 5.84. The van der Waals surface area contributed by atoms with Crippen molar-refractivity contribution >= 4 is 5.91 Å². The van der Waals surface area contributed by atoms with Gasteiger partial charge in [-0.15, -0.1) is 0 Å². The first-order chi connectivity index (χ1) is 10.5. The number of hydrogen-bond acceptors (Lipinski definition) is 5. The highest BCUT2D eigenvalue weighted by Crippen LogP contribution is 2.21. The summed E-state index contributed by atoms with van der Waals surface area (Å²) in [4.78, 5) is 18.2. The lowest BCUT2D eigenvalue weighted by atomic mass is 9.94. The van der Waals surface area contributed by atoms with E-state index in [0.29, 0.717) is 25.1 Å². The average molecular weight is 308 g/mol. The Hall–Kier alpha value is -1.66. The SMILES string of the molecule is CCc1nc(C)ccc1OCC(=O)N1CCC[C@](O)(CO)C1. The molecule has 1 saturated heterocycles. The van der Waals surface area contributed by atoms with E-state index in [9.17, 15) is 15.0 Å². The van der Waals surface area contributed by atoms with Crippen molar-refractivity contribution in [3.8, 4) is 5.75 Å². The second-order valence-electron chi connectivity index (χ2n) is 5.84. The van der Waals surface area contributed by atoms with Crippen LogP contribution in [0.4, 0.5) is 0 Å². The van der Waals surface area contributed by atoms with Crippen LogP contribution in [0.3, 0.4) is 0 Å². The van der Waals surface area contributed by atoms with Crippen molar-refractivity contribution in [1.82, 2.24) is 9.88 Å². The van der Waals surface area contributed by atoms with Crippen LogP contribution in [0, 0.1) is 6.92 Å². The molecular formula is C16H24N2O4. The average Bonchev–Trinajstić information content (AvgIpc) is 2.53. The van der Waals surface area contributed by atoms with Crippen molar-refractivity contribution < 1.29 is 19.7 Å². The molecule has 0 aromatic carbocycles. The van der Waals surface area contributed by atoms with Gasteiger partial charge in [0.15, 0.2) is 6.61 Å². The largest absolute Gasteiger partial charge is 0.482 e. The molecule has 0 radical (unpaired) electrons. The maximum Gasteiger partial charge on any atom is 0.260 e. The van der Waals surface area contributed by atoms with Crippen molar-refractivity contribution in [3.63, 3.8) is 0 Å². The zero-order chi connectivity index (χ0) is 16.2. The monoisotopic (exact) mass is 308 g/mol. The molecule has 0 aliphatic carbocycles. The molecule has 2 rings (SSSR count). The first kappa shape index (κ1) is 16.7. The van der Waals surface area contributed by atoms with Gasteiger partial charge in [0, 0.05) is 12.2 Å². The minimum Gasteiger partial charge on any atom is -0.482 e. The van der Waals surface area contributed by atoms with Crippen molar-refractivity contribution in [2.24, 2.45) is 0 Å². The zero-order valence-corrected chi connectivity index (χ0v) is 13.2. The minimum absolute atomic E-state index is 0.0841. The van der Waals surface area contributed by atoms with Crippen LogP contribution >= 0.6 is 0 Å². The summed E-state index contributed by atoms with van der Waals surface area (Å²) in [7, 11) is 0. The molecule has 1 aromatic heterocycles. The molecule has 6 nitrogen and oxygen atoms in total. The third kappa shape index (κ3) is 3.96. The Bertz CT molecular complexity index is 535. The maximum absolute atomic E-state index is 12.2. The fourth-order valence-electron chi connectivity index (χ4n) is 2.67. The number of ether oxygens (including phenoxy) is 1. The molecular weight excluding hydrogens is 284 g/mol. The number of aromatic nitrogens is 1. The number of aryl methyl sites for hydroxylation is 2. The van der Waals surface area contributed by atoms with E-state index in [2.05, 4.69) is 4.98 Å². The van der Waals surface area contributed by atoms with Gasteiger partial charge in [0.05, 0.1) is 18.8 Å². The van der Waals surface area contributed by atoms with Gasteiger partial charge in [-0.2, -0.15) is 0 Å². The molecule has 6 heteroatoms. The number of aliphatic hydroxyl groups excluding tert-OH is 1. The minimum atomic E-state index is -1.19. The normalized spacial score (nSPS) is 21.7. The molecule has 1 aliphatic heterocycles. The van der Waals surface area contributed by atoms with E-state index < -0.39 is 5.60 Å². The van der Waals surface area contributed by atoms with Gasteiger partial charge in [-0.1, -0.05) is 6.92 Å². The van der Waals surface area contributed by atoms with Crippen LogP contribution < -0.4 is 4.74 Å². The predicted octanol–water partition coefficient (Wildman–Crippen LogP) is 0.677. The second kappa shape index (κ2) is 7.07. The van der Waals surface area contributed by atoms with Gasteiger partial charge in [-0.25, -0.2) is 0 Å². The van der Waals surface area contributed by atoms with E-state index in [4.69, 9.17) is 4.74 Å². The van der Waals surface area contributed by atoms with E-state index in [-0.39, 0.29) is 25.7 Å². The van der Waals surface area contributed by atoms with Crippen LogP contribution in [0.1, 0.15) is 31.2 Å². The molecule has 2 heterocycles. The maximum atomic E-state index is 12.2. The van der Waals surface area contributed by atoms with Gasteiger partial charge < -0.3 is 19.8 Å². The van der Waals surface area contributed by atoms with Crippen LogP contribution in [-0.4, -0.2) is 57.9 Å². The van der Waals surface area contributed by atoms with Crippen molar-refractivity contribution in [2.45, 2.75) is 38.7 Å². The Kier molecular flexibility index (Phi) is 5.37. The highest BCUT2D eigenvalue weighted by Gasteiger charge is 2.34. The lowest BCUT2D eigenvalue weighted by Gasteiger charge is -2.37. The lowest BCUT2D eigenvalue weighted by Crippen LogP contribution is -2.53. The Morgan fingerprint density at radius 2 is 2.27 bits per heavy atom. The Morgan fingerprint density at radius 1 is 1.50 bits per heavy atom. The van der Waals surface area contributed by atoms with Gasteiger partial charge in [0.1, 0.15) is 11.4 Å². The van der Waals surface area contributed by atoms with E-state index in [1.807, 2.05) is 26.0 Å². The van der Waals surface area contributed by atoms with Crippen LogP contribution in [0.25, 0.3) is 0 Å². The smallest absolute Gasteiger partial charge is 0.260 e. The Balaban J connectivity index is 1.95. The summed E-state index contributed by atoms with van der Waals surface area (Å²) >= 11 is 0. The summed E-state index contributed by atoms with van der Waals surface area (Å²) in [5, 5.41) is 19.3. The number of pyridine rings is 1. The van der Waals surface area contributed by atoms with Gasteiger partial charge in [-0.05, 0) is 38.3 Å². The fourth-order valence-corrected chi connectivity index (χ4v) is 2.67. The molecule has 1 aromatic rings. The number of aliphatic hydroxyl groups is 2. The van der Waals surface area contributed by atoms with E-state index >= 15 is 0 Å². The molecule has 22 heavy (non-hydrogen) atoms. The lowest BCUT2D eigenvalue weighted by molar-refractivity contribution is -0.142. The summed E-state index contributed by atoms with van der Waals surface area (Å²) < 4.78 is 5.60. The molecule has 1 amide bonds. The molecule has 0 unspecified atom stereocenters. The van der Waals surface area contributed by atoms with E-state index in [1.54, 1.807) is 4.90 Å². The molecule has 2 N–H and O–H groups in total. The first-order valence-corrected chi connectivity index (χ1v) is 7.68. The van der Waals surface area contributed by atoms with Crippen molar-refractivity contribution in [3.05, 3.63) is 23.5 Å². The molecule has 0 bridgehead atoms. The van der Waals surface area contributed by atoms with Gasteiger partial charge >= 0.3 is 0 Å². The third-order valence-corrected chi connectivity index (χ3v) is 3.96. The van der Waals surface area contributed by atoms with Gasteiger partial charge in [0.25, 0.3) is 5.91 Å². The standard InChI is InChI=1S/C16H24N2O4/c1-3-13-14(6-5-12(2)17-13)22-9-15(20)18-8-4-7-16(21,10-18)11-19/h5-6,19,21H,3-4,7-11H2,1-2H3/t16-/m1/s1. The molecule has 1 aliphatic rings. The number of nitrogens with zero attached hydrogens (tertiary/aromatic N) is 2. The molecule has 1 fully saturated rings. The summed E-state index contributed by atoms with van der Waals surface area (Å²) in [6.07, 6.45) is 1.92. The summed E-state index contributed by atoms with van der Waals surface area (Å²) in [5.41, 5.74) is 0.561. The number of amides is 1. The van der Waals surface area contributed by atoms with Crippen LogP contribution in [0.15, 0.2) is 12.1 Å². The van der Waals surface area contributed by atoms with Crippen LogP contribution in [0.2, 0.25) is 0 Å². The molecule has 1 atom stereocenters. The third-order valence-electron chi connectivity index (χ3n) is 3.96. The number of carbonyl (C=O) groups excluding carboxylic acids is 1. The predicted molar refractivity (Wildman–Crippen MR) is 81.7 cm³/mol. The molecule has 0 saturated carbocycles. The van der Waals surface area contributed by atoms with E-state index in [1.165, 1.54) is 0 Å². The summed E-state index contributed by atoms with van der Waals surface area (Å²) in [6.45, 7) is 4.22. The quantitative estimate of drug-likeness (QED) is 0.836. The highest BCUT2D eigenvalue weighted by molar-refractivity contribution is 5.78. The van der Waals surface area contributed by atoms with Crippen LogP contribution in [0.5, 0.6) is 5.75 Å². The molecule has 122 valence electrons. The number of likely N-dealkylation sites (tertiary alicyclic amines) is 1. The number of hydrogen-bond donors (Lipinski definition) is 2. The van der Waals surface area contributed by atoms with Crippen molar-refractivity contribution in [1.29, 1.82) is 0 Å². The highest BCUT2D eigenvalue weighted by atomic mass is 16.5. The molecule has 0 spiro atoms. The topological polar surface area (TPSA) is 82.9 Å². The Labute approximate surface area is 130 Å². The number of carbonyl (C=O) groups is 1. The number of rotatable bonds is 5. The number of β-amino-alcohol motifs (C(OH)–C–C–N with tert-alkyl or cyclic N) is 1. The van der Waals surface area contributed by atoms with Crippen molar-refractivity contribution in [2.75, 3.05) is 26.3 Å². The first-order valence-electron chi connectivity index (χ1n) is 7.68. The van der Waals surface area contributed by atoms with Crippen LogP contribution in [-0.2, 0) is 11.2 Å². The van der Waals surface area contributed by atoms with E-state index in [0.717, 1.165) is 17.8 Å².